The van der Waals surface area contributed by atoms with E-state index >= 15 is 0 Å². The molecule has 24 heavy (non-hydrogen) atoms. The Kier molecular flexibility index (Phi) is 11.2. The van der Waals surface area contributed by atoms with Crippen LogP contribution in [0, 0.1) is 0 Å². The van der Waals surface area contributed by atoms with Crippen molar-refractivity contribution in [2.45, 2.75) is 135 Å². The van der Waals surface area contributed by atoms with Gasteiger partial charge < -0.3 is 15.2 Å². The van der Waals surface area contributed by atoms with Gasteiger partial charge in [-0.15, -0.1) is 0 Å². The largest absolute Gasteiger partial charge is 0.347 e. The van der Waals surface area contributed by atoms with Crippen LogP contribution in [0.25, 0.3) is 0 Å². The second kappa shape index (κ2) is 12.3. The number of ether oxygens (including phenoxy) is 2. The van der Waals surface area contributed by atoms with Gasteiger partial charge >= 0.3 is 0 Å². The Morgan fingerprint density at radius 2 is 1.38 bits per heavy atom. The van der Waals surface area contributed by atoms with Gasteiger partial charge in [0.25, 0.3) is 0 Å². The van der Waals surface area contributed by atoms with Crippen molar-refractivity contribution in [2.24, 2.45) is 5.73 Å². The van der Waals surface area contributed by atoms with Crippen molar-refractivity contribution in [1.82, 2.24) is 0 Å². The van der Waals surface area contributed by atoms with Crippen molar-refractivity contribution >= 4 is 0 Å². The highest BCUT2D eigenvalue weighted by molar-refractivity contribution is 4.81. The summed E-state index contributed by atoms with van der Waals surface area (Å²) in [5, 5.41) is 0. The third kappa shape index (κ3) is 10.0. The minimum absolute atomic E-state index is 0.0769. The van der Waals surface area contributed by atoms with Crippen LogP contribution in [0.5, 0.6) is 0 Å². The summed E-state index contributed by atoms with van der Waals surface area (Å²) in [7, 11) is 0. The fourth-order valence-corrected chi connectivity index (χ4v) is 3.68. The molecule has 0 bridgehead atoms. The smallest absolute Gasteiger partial charge is 0.163 e. The quantitative estimate of drug-likeness (QED) is 0.421. The lowest BCUT2D eigenvalue weighted by Crippen LogP contribution is -2.50. The molecule has 0 spiro atoms. The average molecular weight is 342 g/mol. The van der Waals surface area contributed by atoms with Crippen molar-refractivity contribution in [3.05, 3.63) is 0 Å². The van der Waals surface area contributed by atoms with Crippen LogP contribution >= 0.6 is 0 Å². The Balaban J connectivity index is 2.00. The lowest BCUT2D eigenvalue weighted by Gasteiger charge is -2.42. The van der Waals surface area contributed by atoms with E-state index in [-0.39, 0.29) is 12.1 Å². The molecule has 1 aliphatic heterocycles. The molecule has 0 unspecified atom stereocenters. The van der Waals surface area contributed by atoms with Gasteiger partial charge in [0.05, 0.1) is 12.2 Å². The zero-order chi connectivity index (χ0) is 17.8. The van der Waals surface area contributed by atoms with E-state index in [4.69, 9.17) is 15.2 Å². The molecule has 0 saturated carbocycles. The Morgan fingerprint density at radius 3 is 1.88 bits per heavy atom. The molecule has 2 N–H and O–H groups in total. The summed E-state index contributed by atoms with van der Waals surface area (Å²) in [5.41, 5.74) is 6.03. The van der Waals surface area contributed by atoms with Crippen molar-refractivity contribution in [1.29, 1.82) is 0 Å². The van der Waals surface area contributed by atoms with Crippen LogP contribution in [0.4, 0.5) is 0 Å². The van der Waals surface area contributed by atoms with Crippen molar-refractivity contribution in [3.63, 3.8) is 0 Å². The van der Waals surface area contributed by atoms with Crippen LogP contribution in [0.2, 0.25) is 0 Å². The lowest BCUT2D eigenvalue weighted by atomic mass is 9.98. The first-order valence-corrected chi connectivity index (χ1v) is 10.6. The maximum atomic E-state index is 6.07. The van der Waals surface area contributed by atoms with Crippen LogP contribution < -0.4 is 5.73 Å². The summed E-state index contributed by atoms with van der Waals surface area (Å²) in [5.74, 6) is -0.487. The molecule has 1 fully saturated rings. The van der Waals surface area contributed by atoms with Gasteiger partial charge in [-0.05, 0) is 27.2 Å². The number of unbranched alkanes of at least 4 members (excludes halogenated alkanes) is 10. The van der Waals surface area contributed by atoms with E-state index in [1.807, 2.05) is 20.8 Å². The summed E-state index contributed by atoms with van der Waals surface area (Å²) in [6.07, 6.45) is 17.8. The van der Waals surface area contributed by atoms with Crippen LogP contribution in [0.3, 0.4) is 0 Å². The standard InChI is InChI=1S/C21H43NO2/c1-5-6-7-8-9-10-11-12-13-14-15-16-19-17-20(18(2)22)24-21(3,4)23-19/h18-20H,5-17,22H2,1-4H3/t18-,19+,20+/m1/s1. The zero-order valence-electron chi connectivity index (χ0n) is 16.8. The van der Waals surface area contributed by atoms with Crippen LogP contribution in [-0.4, -0.2) is 24.0 Å². The van der Waals surface area contributed by atoms with Gasteiger partial charge in [-0.1, -0.05) is 77.6 Å². The Hall–Kier alpha value is -0.120. The van der Waals surface area contributed by atoms with E-state index in [0.717, 1.165) is 12.8 Å². The lowest BCUT2D eigenvalue weighted by molar-refractivity contribution is -0.302. The van der Waals surface area contributed by atoms with Gasteiger partial charge in [0, 0.05) is 12.5 Å². The van der Waals surface area contributed by atoms with E-state index in [1.165, 1.54) is 70.6 Å². The van der Waals surface area contributed by atoms with Gasteiger partial charge in [-0.2, -0.15) is 0 Å². The fraction of sp³-hybridized carbons (Fsp3) is 1.00. The predicted octanol–water partition coefficient (Wildman–Crippen LogP) is 5.94. The first-order valence-electron chi connectivity index (χ1n) is 10.6. The van der Waals surface area contributed by atoms with Gasteiger partial charge in [0.1, 0.15) is 0 Å². The summed E-state index contributed by atoms with van der Waals surface area (Å²) >= 11 is 0. The molecule has 0 aliphatic carbocycles. The minimum atomic E-state index is -0.487. The Labute approximate surface area is 151 Å². The van der Waals surface area contributed by atoms with Crippen LogP contribution in [0.15, 0.2) is 0 Å². The molecule has 0 amide bonds. The molecule has 1 heterocycles. The Morgan fingerprint density at radius 1 is 0.875 bits per heavy atom. The first kappa shape index (κ1) is 21.9. The average Bonchev–Trinajstić information content (AvgIpc) is 2.51. The number of hydrogen-bond donors (Lipinski definition) is 1. The number of nitrogens with two attached hydrogens (primary N) is 1. The predicted molar refractivity (Wildman–Crippen MR) is 103 cm³/mol. The van der Waals surface area contributed by atoms with Crippen molar-refractivity contribution in [2.75, 3.05) is 0 Å². The Bertz CT molecular complexity index is 304. The van der Waals surface area contributed by atoms with Gasteiger partial charge in [0.2, 0.25) is 0 Å². The monoisotopic (exact) mass is 341 g/mol. The second-order valence-corrected chi connectivity index (χ2v) is 8.22. The highest BCUT2D eigenvalue weighted by Crippen LogP contribution is 2.30. The zero-order valence-corrected chi connectivity index (χ0v) is 16.8. The third-order valence-corrected chi connectivity index (χ3v) is 5.10. The SMILES string of the molecule is CCCCCCCCCCCCC[C@H]1C[C@@H]([C@@H](C)N)OC(C)(C)O1. The summed E-state index contributed by atoms with van der Waals surface area (Å²) in [4.78, 5) is 0. The second-order valence-electron chi connectivity index (χ2n) is 8.22. The van der Waals surface area contributed by atoms with Crippen LogP contribution in [0.1, 0.15) is 111 Å². The van der Waals surface area contributed by atoms with Gasteiger partial charge in [-0.3, -0.25) is 0 Å². The van der Waals surface area contributed by atoms with Gasteiger partial charge in [-0.25, -0.2) is 0 Å². The summed E-state index contributed by atoms with van der Waals surface area (Å²) in [6.45, 7) is 8.33. The molecule has 144 valence electrons. The first-order chi connectivity index (χ1) is 11.4. The molecule has 0 aromatic heterocycles. The molecular formula is C21H43NO2. The van der Waals surface area contributed by atoms with Crippen LogP contribution in [-0.2, 0) is 9.47 Å². The normalized spacial score (nSPS) is 24.9. The maximum Gasteiger partial charge on any atom is 0.163 e. The number of rotatable bonds is 13. The third-order valence-electron chi connectivity index (χ3n) is 5.10. The highest BCUT2D eigenvalue weighted by atomic mass is 16.7. The molecule has 0 radical (unpaired) electrons. The molecule has 3 atom stereocenters. The van der Waals surface area contributed by atoms with E-state index < -0.39 is 5.79 Å². The van der Waals surface area contributed by atoms with E-state index in [2.05, 4.69) is 6.92 Å². The minimum Gasteiger partial charge on any atom is -0.347 e. The summed E-state index contributed by atoms with van der Waals surface area (Å²) in [6, 6.07) is 0.0769. The number of hydrogen-bond acceptors (Lipinski definition) is 3. The molecule has 1 aliphatic rings. The van der Waals surface area contributed by atoms with Crippen molar-refractivity contribution in [3.8, 4) is 0 Å². The molecule has 1 rings (SSSR count). The van der Waals surface area contributed by atoms with Crippen molar-refractivity contribution < 1.29 is 9.47 Å². The van der Waals surface area contributed by atoms with E-state index in [1.54, 1.807) is 0 Å². The van der Waals surface area contributed by atoms with E-state index in [0.29, 0.717) is 6.10 Å². The molecule has 0 aromatic rings. The van der Waals surface area contributed by atoms with Gasteiger partial charge in [0.15, 0.2) is 5.79 Å². The topological polar surface area (TPSA) is 44.5 Å². The fourth-order valence-electron chi connectivity index (χ4n) is 3.68. The highest BCUT2D eigenvalue weighted by Gasteiger charge is 2.36. The summed E-state index contributed by atoms with van der Waals surface area (Å²) < 4.78 is 12.0. The molecule has 3 nitrogen and oxygen atoms in total. The van der Waals surface area contributed by atoms with E-state index in [9.17, 15) is 0 Å². The molecular weight excluding hydrogens is 298 g/mol. The maximum absolute atomic E-state index is 6.07. The molecule has 0 aromatic carbocycles. The molecule has 1 saturated heterocycles. The molecule has 3 heteroatoms.